The average Bonchev–Trinajstić information content (AvgIpc) is 3.22. The van der Waals surface area contributed by atoms with Crippen LogP contribution < -0.4 is 0 Å². The second kappa shape index (κ2) is 7.08. The van der Waals surface area contributed by atoms with Gasteiger partial charge in [0, 0.05) is 43.8 Å². The Morgan fingerprint density at radius 3 is 2.75 bits per heavy atom. The zero-order valence-corrected chi connectivity index (χ0v) is 15.8. The molecule has 3 aromatic rings. The monoisotopic (exact) mass is 375 g/mol. The van der Waals surface area contributed by atoms with E-state index in [1.807, 2.05) is 30.5 Å². The Bertz CT molecular complexity index is 1010. The van der Waals surface area contributed by atoms with Gasteiger partial charge in [-0.15, -0.1) is 0 Å². The van der Waals surface area contributed by atoms with Gasteiger partial charge in [0.2, 0.25) is 0 Å². The number of fused-ring (bicyclic) bond motifs is 2. The zero-order chi connectivity index (χ0) is 19.1. The largest absolute Gasteiger partial charge is 0.390 e. The lowest BCUT2D eigenvalue weighted by Gasteiger charge is -2.43. The van der Waals surface area contributed by atoms with E-state index in [0.29, 0.717) is 18.7 Å². The molecule has 28 heavy (non-hydrogen) atoms. The Kier molecular flexibility index (Phi) is 4.41. The van der Waals surface area contributed by atoms with Gasteiger partial charge < -0.3 is 15.0 Å². The van der Waals surface area contributed by atoms with Crippen LogP contribution in [-0.2, 0) is 13.0 Å². The first-order valence-corrected chi connectivity index (χ1v) is 10.0. The summed E-state index contributed by atoms with van der Waals surface area (Å²) in [6.07, 6.45) is 3.16. The minimum absolute atomic E-state index is 0.00506. The second-order valence-corrected chi connectivity index (χ2v) is 7.91. The number of nitrogens with zero attached hydrogens (tertiary/aromatic N) is 2. The van der Waals surface area contributed by atoms with E-state index in [2.05, 4.69) is 34.1 Å². The Balaban J connectivity index is 1.30. The van der Waals surface area contributed by atoms with Crippen LogP contribution in [0, 0.1) is 0 Å². The molecule has 1 saturated heterocycles. The summed E-state index contributed by atoms with van der Waals surface area (Å²) in [6.45, 7) is 2.91. The van der Waals surface area contributed by atoms with Gasteiger partial charge in [0.25, 0.3) is 5.91 Å². The molecule has 144 valence electrons. The van der Waals surface area contributed by atoms with Crippen molar-refractivity contribution in [1.82, 2.24) is 14.8 Å². The van der Waals surface area contributed by atoms with Gasteiger partial charge in [0.05, 0.1) is 17.2 Å². The molecule has 2 aromatic carbocycles. The predicted octanol–water partition coefficient (Wildman–Crippen LogP) is 2.80. The van der Waals surface area contributed by atoms with E-state index in [1.165, 1.54) is 11.1 Å². The molecule has 2 aliphatic rings. The normalized spacial score (nSPS) is 23.0. The predicted molar refractivity (Wildman–Crippen MR) is 109 cm³/mol. The van der Waals surface area contributed by atoms with Crippen LogP contribution in [-0.4, -0.2) is 57.6 Å². The number of amides is 1. The minimum atomic E-state index is -0.522. The van der Waals surface area contributed by atoms with Crippen LogP contribution in [0.25, 0.3) is 10.9 Å². The molecule has 1 aromatic heterocycles. The first-order valence-electron chi connectivity index (χ1n) is 10.0. The number of hydrogen-bond donors (Lipinski definition) is 2. The van der Waals surface area contributed by atoms with E-state index in [4.69, 9.17) is 0 Å². The van der Waals surface area contributed by atoms with Gasteiger partial charge in [-0.1, -0.05) is 36.4 Å². The average molecular weight is 375 g/mol. The van der Waals surface area contributed by atoms with Gasteiger partial charge in [-0.25, -0.2) is 0 Å². The molecule has 3 heterocycles. The maximum atomic E-state index is 13.1. The molecule has 5 rings (SSSR count). The van der Waals surface area contributed by atoms with Crippen LogP contribution in [0.1, 0.15) is 27.9 Å². The van der Waals surface area contributed by atoms with E-state index >= 15 is 0 Å². The number of carbonyl (C=O) groups excluding carboxylic acids is 1. The van der Waals surface area contributed by atoms with Gasteiger partial charge in [-0.05, 0) is 36.1 Å². The van der Waals surface area contributed by atoms with Crippen molar-refractivity contribution < 1.29 is 9.90 Å². The lowest BCUT2D eigenvalue weighted by atomic mass is 9.94. The van der Waals surface area contributed by atoms with Crippen molar-refractivity contribution >= 4 is 16.8 Å². The van der Waals surface area contributed by atoms with Gasteiger partial charge in [0.15, 0.2) is 0 Å². The first kappa shape index (κ1) is 17.5. The van der Waals surface area contributed by atoms with Crippen molar-refractivity contribution in [2.45, 2.75) is 31.5 Å². The zero-order valence-electron chi connectivity index (χ0n) is 15.8. The number of nitrogens with one attached hydrogen (secondary N) is 1. The Labute approximate surface area is 164 Å². The molecule has 5 heteroatoms. The van der Waals surface area contributed by atoms with E-state index in [1.54, 1.807) is 4.90 Å². The number of likely N-dealkylation sites (tertiary alicyclic amines) is 1. The summed E-state index contributed by atoms with van der Waals surface area (Å²) in [4.78, 5) is 20.4. The second-order valence-electron chi connectivity index (χ2n) is 7.91. The van der Waals surface area contributed by atoms with Crippen LogP contribution in [0.3, 0.4) is 0 Å². The standard InChI is InChI=1S/C23H25N3O2/c27-21-15-26(23(28)19-7-3-6-17-8-11-24-22(17)19)13-10-20(21)25-12-9-16-4-1-2-5-18(16)14-25/h1-8,11,20-21,24,27H,9-10,12-15H2/t20-,21-/m1/s1. The molecule has 1 amide bonds. The summed E-state index contributed by atoms with van der Waals surface area (Å²) >= 11 is 0. The maximum absolute atomic E-state index is 13.1. The SMILES string of the molecule is O=C(c1cccc2cc[nH]c12)N1CC[C@@H](N2CCc3ccccc3C2)[C@H](O)C1. The molecule has 1 fully saturated rings. The third-order valence-corrected chi connectivity index (χ3v) is 6.28. The van der Waals surface area contributed by atoms with Crippen molar-refractivity contribution in [3.05, 3.63) is 71.4 Å². The number of piperidine rings is 1. The number of carbonyl (C=O) groups is 1. The fraction of sp³-hybridized carbons (Fsp3) is 0.348. The quantitative estimate of drug-likeness (QED) is 0.724. The molecule has 0 spiro atoms. The third-order valence-electron chi connectivity index (χ3n) is 6.28. The Morgan fingerprint density at radius 2 is 1.89 bits per heavy atom. The number of aliphatic hydroxyl groups excluding tert-OH is 1. The van der Waals surface area contributed by atoms with E-state index in [-0.39, 0.29) is 11.9 Å². The van der Waals surface area contributed by atoms with Crippen molar-refractivity contribution in [3.8, 4) is 0 Å². The fourth-order valence-electron chi connectivity index (χ4n) is 4.76. The Hall–Kier alpha value is -2.63. The number of para-hydroxylation sites is 1. The molecular weight excluding hydrogens is 350 g/mol. The molecule has 0 aliphatic carbocycles. The molecule has 0 radical (unpaired) electrons. The topological polar surface area (TPSA) is 59.6 Å². The molecule has 2 N–H and O–H groups in total. The summed E-state index contributed by atoms with van der Waals surface area (Å²) in [5.74, 6) is -0.00506. The summed E-state index contributed by atoms with van der Waals surface area (Å²) in [5.41, 5.74) is 4.33. The molecule has 0 bridgehead atoms. The van der Waals surface area contributed by atoms with Crippen LogP contribution >= 0.6 is 0 Å². The number of hydrogen-bond acceptors (Lipinski definition) is 3. The van der Waals surface area contributed by atoms with Crippen LogP contribution in [0.4, 0.5) is 0 Å². The summed E-state index contributed by atoms with van der Waals surface area (Å²) in [5, 5.41) is 11.9. The molecule has 0 saturated carbocycles. The number of H-pyrrole nitrogens is 1. The summed E-state index contributed by atoms with van der Waals surface area (Å²) in [7, 11) is 0. The van der Waals surface area contributed by atoms with Crippen molar-refractivity contribution in [3.63, 3.8) is 0 Å². The number of benzene rings is 2. The Morgan fingerprint density at radius 1 is 1.04 bits per heavy atom. The highest BCUT2D eigenvalue weighted by molar-refractivity contribution is 6.05. The number of aromatic nitrogens is 1. The van der Waals surface area contributed by atoms with Crippen molar-refractivity contribution in [1.29, 1.82) is 0 Å². The first-order chi connectivity index (χ1) is 13.7. The van der Waals surface area contributed by atoms with E-state index in [9.17, 15) is 9.90 Å². The number of aromatic amines is 1. The highest BCUT2D eigenvalue weighted by Crippen LogP contribution is 2.26. The van der Waals surface area contributed by atoms with Crippen LogP contribution in [0.2, 0.25) is 0 Å². The van der Waals surface area contributed by atoms with Crippen molar-refractivity contribution in [2.24, 2.45) is 0 Å². The lowest BCUT2D eigenvalue weighted by molar-refractivity contribution is -0.0137. The molecule has 2 atom stereocenters. The van der Waals surface area contributed by atoms with Gasteiger partial charge in [-0.2, -0.15) is 0 Å². The smallest absolute Gasteiger partial charge is 0.256 e. The molecular formula is C23H25N3O2. The van der Waals surface area contributed by atoms with Gasteiger partial charge >= 0.3 is 0 Å². The van der Waals surface area contributed by atoms with E-state index < -0.39 is 6.10 Å². The molecule has 5 nitrogen and oxygen atoms in total. The third kappa shape index (κ3) is 3.01. The molecule has 2 aliphatic heterocycles. The minimum Gasteiger partial charge on any atom is -0.390 e. The number of rotatable bonds is 2. The van der Waals surface area contributed by atoms with E-state index in [0.717, 1.165) is 36.8 Å². The number of β-amino-alcohol motifs (C(OH)–C–C–N with tert-alkyl or cyclic N) is 1. The number of aliphatic hydroxyl groups is 1. The molecule has 0 unspecified atom stereocenters. The summed E-state index contributed by atoms with van der Waals surface area (Å²) in [6, 6.07) is 16.4. The lowest BCUT2D eigenvalue weighted by Crippen LogP contribution is -2.56. The van der Waals surface area contributed by atoms with Crippen LogP contribution in [0.15, 0.2) is 54.7 Å². The highest BCUT2D eigenvalue weighted by atomic mass is 16.3. The van der Waals surface area contributed by atoms with Crippen molar-refractivity contribution in [2.75, 3.05) is 19.6 Å². The van der Waals surface area contributed by atoms with Crippen LogP contribution in [0.5, 0.6) is 0 Å². The van der Waals surface area contributed by atoms with Gasteiger partial charge in [-0.3, -0.25) is 9.69 Å². The highest BCUT2D eigenvalue weighted by Gasteiger charge is 2.35. The van der Waals surface area contributed by atoms with Gasteiger partial charge in [0.1, 0.15) is 0 Å². The summed E-state index contributed by atoms with van der Waals surface area (Å²) < 4.78 is 0. The maximum Gasteiger partial charge on any atom is 0.256 e. The fourth-order valence-corrected chi connectivity index (χ4v) is 4.76.